The molecule has 0 aliphatic carbocycles. The van der Waals surface area contributed by atoms with E-state index in [0.717, 1.165) is 6.42 Å². The minimum atomic E-state index is 0.262. The van der Waals surface area contributed by atoms with Crippen LogP contribution in [0.4, 0.5) is 5.95 Å². The SMILES string of the molecule is CCCCCCCOc1ccnc(N)n1. The Morgan fingerprint density at radius 2 is 2.07 bits per heavy atom. The van der Waals surface area contributed by atoms with Gasteiger partial charge in [0.1, 0.15) is 0 Å². The van der Waals surface area contributed by atoms with Crippen molar-refractivity contribution >= 4 is 5.95 Å². The van der Waals surface area contributed by atoms with Crippen LogP contribution in [0.2, 0.25) is 0 Å². The first-order valence-electron chi connectivity index (χ1n) is 5.54. The first-order valence-corrected chi connectivity index (χ1v) is 5.54. The number of unbranched alkanes of at least 4 members (excludes halogenated alkanes) is 4. The van der Waals surface area contributed by atoms with Gasteiger partial charge in [0.25, 0.3) is 0 Å². The Labute approximate surface area is 90.9 Å². The monoisotopic (exact) mass is 209 g/mol. The average Bonchev–Trinajstić information content (AvgIpc) is 2.23. The maximum atomic E-state index is 5.44. The molecule has 1 aromatic rings. The Balaban J connectivity index is 2.10. The van der Waals surface area contributed by atoms with Crippen molar-refractivity contribution in [3.8, 4) is 5.88 Å². The summed E-state index contributed by atoms with van der Waals surface area (Å²) in [5, 5.41) is 0. The molecule has 1 heterocycles. The summed E-state index contributed by atoms with van der Waals surface area (Å²) < 4.78 is 5.44. The molecule has 2 N–H and O–H groups in total. The fourth-order valence-electron chi connectivity index (χ4n) is 1.32. The molecule has 84 valence electrons. The molecule has 1 aromatic heterocycles. The van der Waals surface area contributed by atoms with Crippen molar-refractivity contribution in [3.05, 3.63) is 12.3 Å². The molecule has 0 amide bonds. The quantitative estimate of drug-likeness (QED) is 0.700. The summed E-state index contributed by atoms with van der Waals surface area (Å²) in [5.41, 5.74) is 5.43. The molecule has 0 atom stereocenters. The number of ether oxygens (including phenoxy) is 1. The summed E-state index contributed by atoms with van der Waals surface area (Å²) in [4.78, 5) is 7.75. The van der Waals surface area contributed by atoms with Gasteiger partial charge in [0.2, 0.25) is 11.8 Å². The average molecular weight is 209 g/mol. The van der Waals surface area contributed by atoms with Crippen LogP contribution in [0.3, 0.4) is 0 Å². The minimum absolute atomic E-state index is 0.262. The summed E-state index contributed by atoms with van der Waals surface area (Å²) in [6, 6.07) is 1.72. The normalized spacial score (nSPS) is 10.2. The zero-order chi connectivity index (χ0) is 10.9. The van der Waals surface area contributed by atoms with Crippen molar-refractivity contribution in [3.63, 3.8) is 0 Å². The predicted molar refractivity (Wildman–Crippen MR) is 60.7 cm³/mol. The lowest BCUT2D eigenvalue weighted by atomic mass is 10.2. The van der Waals surface area contributed by atoms with Crippen LogP contribution >= 0.6 is 0 Å². The highest BCUT2D eigenvalue weighted by Gasteiger charge is 1.96. The van der Waals surface area contributed by atoms with Gasteiger partial charge in [0.05, 0.1) is 6.61 Å². The van der Waals surface area contributed by atoms with Crippen molar-refractivity contribution in [2.24, 2.45) is 0 Å². The highest BCUT2D eigenvalue weighted by molar-refractivity contribution is 5.20. The molecule has 4 heteroatoms. The van der Waals surface area contributed by atoms with Crippen LogP contribution in [0.25, 0.3) is 0 Å². The Hall–Kier alpha value is -1.32. The number of hydrogen-bond donors (Lipinski definition) is 1. The molecule has 15 heavy (non-hydrogen) atoms. The first kappa shape index (κ1) is 11.8. The highest BCUT2D eigenvalue weighted by atomic mass is 16.5. The molecule has 0 unspecified atom stereocenters. The molecule has 0 spiro atoms. The molecule has 0 saturated carbocycles. The van der Waals surface area contributed by atoms with E-state index in [-0.39, 0.29) is 5.95 Å². The second-order valence-corrected chi connectivity index (χ2v) is 3.52. The number of nitrogen functional groups attached to an aromatic ring is 1. The number of rotatable bonds is 7. The third kappa shape index (κ3) is 5.20. The van der Waals surface area contributed by atoms with Crippen LogP contribution in [-0.2, 0) is 0 Å². The van der Waals surface area contributed by atoms with Crippen LogP contribution in [0.5, 0.6) is 5.88 Å². The number of aromatic nitrogens is 2. The third-order valence-corrected chi connectivity index (χ3v) is 2.15. The van der Waals surface area contributed by atoms with Crippen LogP contribution in [0, 0.1) is 0 Å². The number of hydrogen-bond acceptors (Lipinski definition) is 4. The van der Waals surface area contributed by atoms with E-state index in [1.807, 2.05) is 0 Å². The van der Waals surface area contributed by atoms with Gasteiger partial charge in [-0.2, -0.15) is 4.98 Å². The van der Waals surface area contributed by atoms with Crippen LogP contribution in [-0.4, -0.2) is 16.6 Å². The van der Waals surface area contributed by atoms with Gasteiger partial charge in [-0.1, -0.05) is 32.6 Å². The summed E-state index contributed by atoms with van der Waals surface area (Å²) in [7, 11) is 0. The summed E-state index contributed by atoms with van der Waals surface area (Å²) >= 11 is 0. The van der Waals surface area contributed by atoms with E-state index in [9.17, 15) is 0 Å². The van der Waals surface area contributed by atoms with Gasteiger partial charge in [-0.25, -0.2) is 4.98 Å². The summed E-state index contributed by atoms with van der Waals surface area (Å²) in [6.45, 7) is 2.92. The largest absolute Gasteiger partial charge is 0.478 e. The Morgan fingerprint density at radius 3 is 2.80 bits per heavy atom. The maximum absolute atomic E-state index is 5.44. The molecule has 0 fully saturated rings. The zero-order valence-electron chi connectivity index (χ0n) is 9.28. The van der Waals surface area contributed by atoms with Gasteiger partial charge in [-0.3, -0.25) is 0 Å². The standard InChI is InChI=1S/C11H19N3O/c1-2-3-4-5-6-9-15-10-7-8-13-11(12)14-10/h7-8H,2-6,9H2,1H3,(H2,12,13,14). The Bertz CT molecular complexity index is 278. The van der Waals surface area contributed by atoms with E-state index in [1.165, 1.54) is 25.7 Å². The molecule has 0 saturated heterocycles. The molecule has 4 nitrogen and oxygen atoms in total. The fraction of sp³-hybridized carbons (Fsp3) is 0.636. The van der Waals surface area contributed by atoms with E-state index >= 15 is 0 Å². The van der Waals surface area contributed by atoms with Crippen LogP contribution in [0.1, 0.15) is 39.0 Å². The van der Waals surface area contributed by atoms with Gasteiger partial charge in [0, 0.05) is 12.3 Å². The lowest BCUT2D eigenvalue weighted by Gasteiger charge is -2.04. The zero-order valence-corrected chi connectivity index (χ0v) is 9.28. The number of nitrogens with two attached hydrogens (primary N) is 1. The number of nitrogens with zero attached hydrogens (tertiary/aromatic N) is 2. The minimum Gasteiger partial charge on any atom is -0.478 e. The van der Waals surface area contributed by atoms with Crippen molar-refractivity contribution in [1.82, 2.24) is 9.97 Å². The topological polar surface area (TPSA) is 61.0 Å². The molecule has 0 aromatic carbocycles. The Morgan fingerprint density at radius 1 is 1.27 bits per heavy atom. The second kappa shape index (κ2) is 7.04. The van der Waals surface area contributed by atoms with Gasteiger partial charge in [-0.15, -0.1) is 0 Å². The van der Waals surface area contributed by atoms with Crippen LogP contribution in [0.15, 0.2) is 12.3 Å². The Kier molecular flexibility index (Phi) is 5.51. The molecule has 1 rings (SSSR count). The molecule has 0 aliphatic heterocycles. The van der Waals surface area contributed by atoms with Crippen LogP contribution < -0.4 is 10.5 Å². The fourth-order valence-corrected chi connectivity index (χ4v) is 1.32. The van der Waals surface area contributed by atoms with E-state index in [4.69, 9.17) is 10.5 Å². The maximum Gasteiger partial charge on any atom is 0.223 e. The number of anilines is 1. The van der Waals surface area contributed by atoms with E-state index in [1.54, 1.807) is 12.3 Å². The van der Waals surface area contributed by atoms with Gasteiger partial charge >= 0.3 is 0 Å². The molecular formula is C11H19N3O. The van der Waals surface area contributed by atoms with Crippen molar-refractivity contribution < 1.29 is 4.74 Å². The smallest absolute Gasteiger partial charge is 0.223 e. The van der Waals surface area contributed by atoms with Gasteiger partial charge in [0.15, 0.2) is 0 Å². The first-order chi connectivity index (χ1) is 7.33. The summed E-state index contributed by atoms with van der Waals surface area (Å²) in [6.07, 6.45) is 7.75. The van der Waals surface area contributed by atoms with E-state index < -0.39 is 0 Å². The van der Waals surface area contributed by atoms with Crippen molar-refractivity contribution in [2.45, 2.75) is 39.0 Å². The lowest BCUT2D eigenvalue weighted by Crippen LogP contribution is -2.01. The second-order valence-electron chi connectivity index (χ2n) is 3.52. The van der Waals surface area contributed by atoms with E-state index in [0.29, 0.717) is 12.5 Å². The highest BCUT2D eigenvalue weighted by Crippen LogP contribution is 2.08. The van der Waals surface area contributed by atoms with Crippen molar-refractivity contribution in [2.75, 3.05) is 12.3 Å². The lowest BCUT2D eigenvalue weighted by molar-refractivity contribution is 0.293. The van der Waals surface area contributed by atoms with Crippen molar-refractivity contribution in [1.29, 1.82) is 0 Å². The molecular weight excluding hydrogens is 190 g/mol. The molecule has 0 bridgehead atoms. The van der Waals surface area contributed by atoms with Gasteiger partial charge < -0.3 is 10.5 Å². The predicted octanol–water partition coefficient (Wildman–Crippen LogP) is 2.41. The van der Waals surface area contributed by atoms with Gasteiger partial charge in [-0.05, 0) is 6.42 Å². The summed E-state index contributed by atoms with van der Waals surface area (Å²) in [5.74, 6) is 0.830. The third-order valence-electron chi connectivity index (χ3n) is 2.15. The molecule has 0 radical (unpaired) electrons. The van der Waals surface area contributed by atoms with E-state index in [2.05, 4.69) is 16.9 Å². The molecule has 0 aliphatic rings.